The molecule has 30 heavy (non-hydrogen) atoms. The zero-order chi connectivity index (χ0) is 20.9. The van der Waals surface area contributed by atoms with Gasteiger partial charge in [-0.25, -0.2) is 4.79 Å². The Balaban J connectivity index is 1.34. The minimum atomic E-state index is -1.09. The van der Waals surface area contributed by atoms with Crippen molar-refractivity contribution in [3.63, 3.8) is 0 Å². The number of hydrogen-bond donors (Lipinski definition) is 2. The minimum Gasteiger partial charge on any atom is -0.486 e. The number of nitrogens with one attached hydrogen (secondary N) is 2. The maximum absolute atomic E-state index is 13.1. The number of carbonyl (C=O) groups excluding carboxylic acids is 3. The fourth-order valence-electron chi connectivity index (χ4n) is 4.23. The third-order valence-corrected chi connectivity index (χ3v) is 5.94. The maximum Gasteiger partial charge on any atom is 0.325 e. The van der Waals surface area contributed by atoms with Gasteiger partial charge in [0.05, 0.1) is 10.7 Å². The van der Waals surface area contributed by atoms with Crippen molar-refractivity contribution in [2.75, 3.05) is 25.1 Å². The molecule has 0 aromatic heterocycles. The topological polar surface area (TPSA) is 97.0 Å². The van der Waals surface area contributed by atoms with Gasteiger partial charge in [0.2, 0.25) is 5.91 Å². The first kappa shape index (κ1) is 18.7. The summed E-state index contributed by atoms with van der Waals surface area (Å²) in [5, 5.41) is 5.72. The molecule has 2 aromatic carbocycles. The Morgan fingerprint density at radius 3 is 2.70 bits per heavy atom. The third kappa shape index (κ3) is 2.87. The lowest BCUT2D eigenvalue weighted by Gasteiger charge is -2.22. The number of anilines is 1. The van der Waals surface area contributed by atoms with Crippen LogP contribution in [0.1, 0.15) is 17.5 Å². The number of rotatable bonds is 3. The van der Waals surface area contributed by atoms with Crippen LogP contribution in [0.2, 0.25) is 5.02 Å². The van der Waals surface area contributed by atoms with E-state index in [0.717, 1.165) is 16.0 Å². The monoisotopic (exact) mass is 427 g/mol. The highest BCUT2D eigenvalue weighted by Gasteiger charge is 2.55. The number of ether oxygens (including phenoxy) is 2. The van der Waals surface area contributed by atoms with E-state index in [-0.39, 0.29) is 5.02 Å². The zero-order valence-corrected chi connectivity index (χ0v) is 16.6. The zero-order valence-electron chi connectivity index (χ0n) is 15.9. The van der Waals surface area contributed by atoms with Crippen molar-refractivity contribution in [1.29, 1.82) is 0 Å². The third-order valence-electron chi connectivity index (χ3n) is 5.63. The Morgan fingerprint density at radius 2 is 1.90 bits per heavy atom. The van der Waals surface area contributed by atoms with Crippen LogP contribution >= 0.6 is 11.6 Å². The molecule has 1 aliphatic carbocycles. The molecule has 0 radical (unpaired) electrons. The van der Waals surface area contributed by atoms with Crippen molar-refractivity contribution in [2.24, 2.45) is 0 Å². The molecule has 1 spiro atoms. The summed E-state index contributed by atoms with van der Waals surface area (Å²) in [7, 11) is 0. The summed E-state index contributed by atoms with van der Waals surface area (Å²) in [5.74, 6) is 0.0129. The van der Waals surface area contributed by atoms with Crippen LogP contribution in [0, 0.1) is 0 Å². The Labute approximate surface area is 177 Å². The van der Waals surface area contributed by atoms with E-state index >= 15 is 0 Å². The number of fused-ring (bicyclic) bond motifs is 3. The van der Waals surface area contributed by atoms with Crippen molar-refractivity contribution >= 4 is 35.1 Å². The second-order valence-corrected chi connectivity index (χ2v) is 7.82. The molecule has 1 atom stereocenters. The van der Waals surface area contributed by atoms with Crippen molar-refractivity contribution in [3.05, 3.63) is 52.5 Å². The fourth-order valence-corrected chi connectivity index (χ4v) is 4.43. The average Bonchev–Trinajstić information content (AvgIpc) is 3.22. The molecule has 1 fully saturated rings. The lowest BCUT2D eigenvalue weighted by atomic mass is 9.92. The quantitative estimate of drug-likeness (QED) is 0.733. The predicted octanol–water partition coefficient (Wildman–Crippen LogP) is 2.44. The van der Waals surface area contributed by atoms with Gasteiger partial charge in [-0.15, -0.1) is 0 Å². The van der Waals surface area contributed by atoms with Crippen LogP contribution in [0.25, 0.3) is 0 Å². The number of carbonyl (C=O) groups is 3. The largest absolute Gasteiger partial charge is 0.486 e. The molecule has 2 aromatic rings. The van der Waals surface area contributed by atoms with E-state index in [1.54, 1.807) is 12.1 Å². The van der Waals surface area contributed by atoms with Gasteiger partial charge >= 0.3 is 6.03 Å². The number of nitrogens with zero attached hydrogens (tertiary/aromatic N) is 1. The van der Waals surface area contributed by atoms with Gasteiger partial charge in [0, 0.05) is 12.1 Å². The van der Waals surface area contributed by atoms with Crippen molar-refractivity contribution in [1.82, 2.24) is 10.2 Å². The molecular formula is C21H18ClN3O5. The van der Waals surface area contributed by atoms with E-state index in [4.69, 9.17) is 21.1 Å². The predicted molar refractivity (Wildman–Crippen MR) is 108 cm³/mol. The van der Waals surface area contributed by atoms with Gasteiger partial charge in [0.25, 0.3) is 5.91 Å². The molecule has 8 nitrogen and oxygen atoms in total. The second-order valence-electron chi connectivity index (χ2n) is 7.41. The summed E-state index contributed by atoms with van der Waals surface area (Å²) >= 11 is 6.22. The van der Waals surface area contributed by atoms with E-state index in [1.165, 1.54) is 0 Å². The van der Waals surface area contributed by atoms with Crippen LogP contribution in [-0.4, -0.2) is 42.5 Å². The van der Waals surface area contributed by atoms with Crippen LogP contribution in [-0.2, 0) is 21.5 Å². The van der Waals surface area contributed by atoms with E-state index in [9.17, 15) is 14.4 Å². The Bertz CT molecular complexity index is 1090. The maximum atomic E-state index is 13.1. The molecule has 1 saturated heterocycles. The van der Waals surface area contributed by atoms with Gasteiger partial charge in [-0.05, 0) is 24.0 Å². The number of amides is 4. The van der Waals surface area contributed by atoms with Crippen LogP contribution in [0.5, 0.6) is 11.5 Å². The van der Waals surface area contributed by atoms with Gasteiger partial charge in [-0.2, -0.15) is 0 Å². The van der Waals surface area contributed by atoms with E-state index in [1.807, 2.05) is 24.3 Å². The summed E-state index contributed by atoms with van der Waals surface area (Å²) in [4.78, 5) is 39.3. The molecule has 2 N–H and O–H groups in total. The van der Waals surface area contributed by atoms with Crippen molar-refractivity contribution < 1.29 is 23.9 Å². The standard InChI is InChI=1S/C21H18ClN3O5/c22-14-9-16-17(30-8-7-29-16)10-15(14)23-18(26)11-25-19(27)21(24-20(25)28)6-5-12-3-1-2-4-13(12)21/h1-4,9-10H,5-8,11H2,(H,23,26)(H,24,28). The van der Waals surface area contributed by atoms with Gasteiger partial charge in [0.1, 0.15) is 25.3 Å². The van der Waals surface area contributed by atoms with Crippen LogP contribution in [0.15, 0.2) is 36.4 Å². The molecule has 1 unspecified atom stereocenters. The molecule has 5 rings (SSSR count). The number of aryl methyl sites for hydroxylation is 1. The second kappa shape index (κ2) is 6.91. The Hall–Kier alpha value is -3.26. The van der Waals surface area contributed by atoms with Gasteiger partial charge in [0.15, 0.2) is 11.5 Å². The highest BCUT2D eigenvalue weighted by molar-refractivity contribution is 6.34. The first-order valence-electron chi connectivity index (χ1n) is 9.59. The number of halogens is 1. The average molecular weight is 428 g/mol. The normalized spacial score (nSPS) is 21.6. The van der Waals surface area contributed by atoms with E-state index in [2.05, 4.69) is 10.6 Å². The van der Waals surface area contributed by atoms with E-state index in [0.29, 0.717) is 43.2 Å². The number of hydrogen-bond acceptors (Lipinski definition) is 5. The van der Waals surface area contributed by atoms with Crippen molar-refractivity contribution in [2.45, 2.75) is 18.4 Å². The first-order chi connectivity index (χ1) is 14.5. The summed E-state index contributed by atoms with van der Waals surface area (Å²) in [6.45, 7) is 0.402. The summed E-state index contributed by atoms with van der Waals surface area (Å²) in [6, 6.07) is 10.1. The van der Waals surface area contributed by atoms with E-state index < -0.39 is 29.9 Å². The molecule has 4 amide bonds. The molecule has 0 saturated carbocycles. The molecule has 3 aliphatic rings. The summed E-state index contributed by atoms with van der Waals surface area (Å²) in [6.07, 6.45) is 1.16. The Kier molecular flexibility index (Phi) is 4.32. The van der Waals surface area contributed by atoms with Gasteiger partial charge in [-0.1, -0.05) is 35.9 Å². The number of imide groups is 1. The van der Waals surface area contributed by atoms with Crippen LogP contribution in [0.4, 0.5) is 10.5 Å². The molecule has 2 aliphatic heterocycles. The van der Waals surface area contributed by atoms with Gasteiger partial charge in [-0.3, -0.25) is 14.5 Å². The molecular weight excluding hydrogens is 410 g/mol. The lowest BCUT2D eigenvalue weighted by Crippen LogP contribution is -2.43. The minimum absolute atomic E-state index is 0.269. The SMILES string of the molecule is O=C(CN1C(=O)NC2(CCc3ccccc32)C1=O)Nc1cc2c(cc1Cl)OCCO2. The molecule has 9 heteroatoms. The van der Waals surface area contributed by atoms with Crippen LogP contribution in [0.3, 0.4) is 0 Å². The molecule has 0 bridgehead atoms. The highest BCUT2D eigenvalue weighted by Crippen LogP contribution is 2.41. The van der Waals surface area contributed by atoms with Gasteiger partial charge < -0.3 is 20.1 Å². The summed E-state index contributed by atoms with van der Waals surface area (Å²) in [5.41, 5.74) is 1.04. The summed E-state index contributed by atoms with van der Waals surface area (Å²) < 4.78 is 11.0. The molecule has 2 heterocycles. The van der Waals surface area contributed by atoms with Crippen LogP contribution < -0.4 is 20.1 Å². The fraction of sp³-hybridized carbons (Fsp3) is 0.286. The number of urea groups is 1. The Morgan fingerprint density at radius 1 is 1.17 bits per heavy atom. The lowest BCUT2D eigenvalue weighted by molar-refractivity contribution is -0.134. The van der Waals surface area contributed by atoms with Crippen molar-refractivity contribution in [3.8, 4) is 11.5 Å². The number of benzene rings is 2. The first-order valence-corrected chi connectivity index (χ1v) is 9.97. The smallest absolute Gasteiger partial charge is 0.325 e. The molecule has 154 valence electrons. The highest BCUT2D eigenvalue weighted by atomic mass is 35.5.